The maximum Gasteiger partial charge on any atom is 0.225 e. The average molecular weight is 424 g/mol. The summed E-state index contributed by atoms with van der Waals surface area (Å²) in [6.07, 6.45) is 3.59. The SMILES string of the molecule is CNCCC1CCN(C(=O)CCOc2ccc(Br)cc2F)CC1.Cl. The second-order valence-electron chi connectivity index (χ2n) is 5.89. The van der Waals surface area contributed by atoms with Crippen LogP contribution in [0.15, 0.2) is 22.7 Å². The summed E-state index contributed by atoms with van der Waals surface area (Å²) in [5, 5.41) is 3.17. The smallest absolute Gasteiger partial charge is 0.225 e. The number of hydrogen-bond donors (Lipinski definition) is 1. The molecule has 1 aliphatic rings. The van der Waals surface area contributed by atoms with E-state index in [-0.39, 0.29) is 37.1 Å². The number of nitrogens with one attached hydrogen (secondary N) is 1. The van der Waals surface area contributed by atoms with Crippen molar-refractivity contribution in [3.05, 3.63) is 28.5 Å². The van der Waals surface area contributed by atoms with E-state index in [9.17, 15) is 9.18 Å². The van der Waals surface area contributed by atoms with Gasteiger partial charge in [0.2, 0.25) is 5.91 Å². The minimum atomic E-state index is -0.419. The summed E-state index contributed by atoms with van der Waals surface area (Å²) >= 11 is 3.20. The molecule has 0 aliphatic carbocycles. The van der Waals surface area contributed by atoms with Crippen LogP contribution in [0.4, 0.5) is 4.39 Å². The van der Waals surface area contributed by atoms with Gasteiger partial charge in [-0.25, -0.2) is 4.39 Å². The number of rotatable bonds is 7. The van der Waals surface area contributed by atoms with Crippen LogP contribution in [0.1, 0.15) is 25.7 Å². The van der Waals surface area contributed by atoms with E-state index in [4.69, 9.17) is 4.74 Å². The quantitative estimate of drug-likeness (QED) is 0.728. The summed E-state index contributed by atoms with van der Waals surface area (Å²) in [4.78, 5) is 14.1. The van der Waals surface area contributed by atoms with Gasteiger partial charge in [0.15, 0.2) is 11.6 Å². The zero-order valence-corrected chi connectivity index (χ0v) is 16.3. The van der Waals surface area contributed by atoms with E-state index in [1.165, 1.54) is 12.5 Å². The molecule has 1 amide bonds. The number of ether oxygens (including phenoxy) is 1. The van der Waals surface area contributed by atoms with Crippen molar-refractivity contribution in [3.8, 4) is 5.75 Å². The van der Waals surface area contributed by atoms with Crippen molar-refractivity contribution in [3.63, 3.8) is 0 Å². The number of carbonyl (C=O) groups is 1. The molecule has 0 atom stereocenters. The van der Waals surface area contributed by atoms with Crippen LogP contribution >= 0.6 is 28.3 Å². The van der Waals surface area contributed by atoms with Crippen molar-refractivity contribution in [1.82, 2.24) is 10.2 Å². The second kappa shape index (κ2) is 10.9. The number of piperidine rings is 1. The number of likely N-dealkylation sites (tertiary alicyclic amines) is 1. The average Bonchev–Trinajstić information content (AvgIpc) is 2.55. The number of nitrogens with zero attached hydrogens (tertiary/aromatic N) is 1. The Hall–Kier alpha value is -0.850. The van der Waals surface area contributed by atoms with Gasteiger partial charge in [0.05, 0.1) is 13.0 Å². The lowest BCUT2D eigenvalue weighted by Gasteiger charge is -2.32. The van der Waals surface area contributed by atoms with E-state index in [1.54, 1.807) is 12.1 Å². The van der Waals surface area contributed by atoms with E-state index >= 15 is 0 Å². The summed E-state index contributed by atoms with van der Waals surface area (Å²) < 4.78 is 19.7. The highest BCUT2D eigenvalue weighted by atomic mass is 79.9. The molecule has 0 radical (unpaired) electrons. The van der Waals surface area contributed by atoms with Crippen LogP contribution < -0.4 is 10.1 Å². The van der Waals surface area contributed by atoms with Crippen molar-refractivity contribution in [2.75, 3.05) is 33.3 Å². The highest BCUT2D eigenvalue weighted by molar-refractivity contribution is 9.10. The molecule has 1 heterocycles. The molecule has 1 saturated heterocycles. The standard InChI is InChI=1S/C17H24BrFN2O2.ClH/c1-20-8-4-13-5-9-21(10-6-13)17(22)7-11-23-16-3-2-14(18)12-15(16)19;/h2-3,12-13,20H,4-11H2,1H3;1H. The summed E-state index contributed by atoms with van der Waals surface area (Å²) in [6.45, 7) is 2.88. The molecule has 1 aromatic rings. The Morgan fingerprint density at radius 3 is 2.75 bits per heavy atom. The summed E-state index contributed by atoms with van der Waals surface area (Å²) in [5.41, 5.74) is 0. The van der Waals surface area contributed by atoms with Gasteiger partial charge < -0.3 is 15.0 Å². The first kappa shape index (κ1) is 21.2. The zero-order valence-electron chi connectivity index (χ0n) is 13.9. The maximum atomic E-state index is 13.6. The number of carbonyl (C=O) groups excluding carboxylic acids is 1. The van der Waals surface area contributed by atoms with E-state index < -0.39 is 5.82 Å². The van der Waals surface area contributed by atoms with Gasteiger partial charge in [-0.05, 0) is 57.0 Å². The minimum absolute atomic E-state index is 0. The largest absolute Gasteiger partial charge is 0.490 e. The van der Waals surface area contributed by atoms with Gasteiger partial charge in [0.25, 0.3) is 0 Å². The monoisotopic (exact) mass is 422 g/mol. The van der Waals surface area contributed by atoms with Crippen LogP contribution in [0, 0.1) is 11.7 Å². The Balaban J connectivity index is 0.00000288. The van der Waals surface area contributed by atoms with Crippen molar-refractivity contribution >= 4 is 34.2 Å². The third-order valence-electron chi connectivity index (χ3n) is 4.24. The van der Waals surface area contributed by atoms with Crippen molar-refractivity contribution in [2.24, 2.45) is 5.92 Å². The summed E-state index contributed by atoms with van der Waals surface area (Å²) in [5.74, 6) is 0.568. The fourth-order valence-electron chi connectivity index (χ4n) is 2.82. The Labute approximate surface area is 157 Å². The van der Waals surface area contributed by atoms with Gasteiger partial charge in [-0.2, -0.15) is 0 Å². The first-order chi connectivity index (χ1) is 11.1. The van der Waals surface area contributed by atoms with Crippen molar-refractivity contribution in [2.45, 2.75) is 25.7 Å². The van der Waals surface area contributed by atoms with Crippen molar-refractivity contribution < 1.29 is 13.9 Å². The molecule has 1 fully saturated rings. The summed E-state index contributed by atoms with van der Waals surface area (Å²) in [6, 6.07) is 4.64. The molecule has 1 aromatic carbocycles. The predicted molar refractivity (Wildman–Crippen MR) is 99.3 cm³/mol. The molecule has 7 heteroatoms. The second-order valence-corrected chi connectivity index (χ2v) is 6.81. The first-order valence-corrected chi connectivity index (χ1v) is 8.89. The summed E-state index contributed by atoms with van der Waals surface area (Å²) in [7, 11) is 1.97. The van der Waals surface area contributed by atoms with Gasteiger partial charge >= 0.3 is 0 Å². The molecule has 0 unspecified atom stereocenters. The Morgan fingerprint density at radius 2 is 2.12 bits per heavy atom. The molecule has 24 heavy (non-hydrogen) atoms. The molecule has 4 nitrogen and oxygen atoms in total. The molecule has 2 rings (SSSR count). The van der Waals surface area contributed by atoms with E-state index in [0.29, 0.717) is 10.4 Å². The Bertz CT molecular complexity index is 525. The fourth-order valence-corrected chi connectivity index (χ4v) is 3.15. The van der Waals surface area contributed by atoms with Gasteiger partial charge in [0.1, 0.15) is 0 Å². The molecule has 0 aromatic heterocycles. The number of hydrogen-bond acceptors (Lipinski definition) is 3. The molecule has 0 spiro atoms. The molecule has 1 N–H and O–H groups in total. The van der Waals surface area contributed by atoms with Gasteiger partial charge in [-0.3, -0.25) is 4.79 Å². The number of amides is 1. The number of halogens is 3. The molecule has 1 aliphatic heterocycles. The molecule has 0 bridgehead atoms. The highest BCUT2D eigenvalue weighted by Gasteiger charge is 2.22. The first-order valence-electron chi connectivity index (χ1n) is 8.10. The van der Waals surface area contributed by atoms with Crippen LogP contribution in [0.25, 0.3) is 0 Å². The lowest BCUT2D eigenvalue weighted by atomic mass is 9.93. The Morgan fingerprint density at radius 1 is 1.42 bits per heavy atom. The lowest BCUT2D eigenvalue weighted by molar-refractivity contribution is -0.133. The third-order valence-corrected chi connectivity index (χ3v) is 4.73. The fraction of sp³-hybridized carbons (Fsp3) is 0.588. The lowest BCUT2D eigenvalue weighted by Crippen LogP contribution is -2.39. The van der Waals surface area contributed by atoms with E-state index in [2.05, 4.69) is 21.2 Å². The third kappa shape index (κ3) is 6.57. The predicted octanol–water partition coefficient (Wildman–Crippen LogP) is 3.63. The number of benzene rings is 1. The van der Waals surface area contributed by atoms with Crippen LogP contribution in [0.2, 0.25) is 0 Å². The normalized spacial score (nSPS) is 15.0. The molecule has 0 saturated carbocycles. The Kier molecular flexibility index (Phi) is 9.63. The maximum absolute atomic E-state index is 13.6. The van der Waals surface area contributed by atoms with Crippen LogP contribution in [-0.4, -0.2) is 44.1 Å². The molecule has 136 valence electrons. The van der Waals surface area contributed by atoms with Gasteiger partial charge in [0, 0.05) is 17.6 Å². The minimum Gasteiger partial charge on any atom is -0.490 e. The van der Waals surface area contributed by atoms with Gasteiger partial charge in [-0.15, -0.1) is 12.4 Å². The topological polar surface area (TPSA) is 41.6 Å². The van der Waals surface area contributed by atoms with Crippen LogP contribution in [0.3, 0.4) is 0 Å². The highest BCUT2D eigenvalue weighted by Crippen LogP contribution is 2.22. The molecular formula is C17H25BrClFN2O2. The van der Waals surface area contributed by atoms with E-state index in [0.717, 1.165) is 32.5 Å². The van der Waals surface area contributed by atoms with Crippen LogP contribution in [-0.2, 0) is 4.79 Å². The zero-order chi connectivity index (χ0) is 16.7. The van der Waals surface area contributed by atoms with Crippen LogP contribution in [0.5, 0.6) is 5.75 Å². The van der Waals surface area contributed by atoms with Crippen molar-refractivity contribution in [1.29, 1.82) is 0 Å². The van der Waals surface area contributed by atoms with Gasteiger partial charge in [-0.1, -0.05) is 15.9 Å². The molecular weight excluding hydrogens is 399 g/mol. The van der Waals surface area contributed by atoms with E-state index in [1.807, 2.05) is 11.9 Å².